The Morgan fingerprint density at radius 3 is 2.92 bits per heavy atom. The van der Waals surface area contributed by atoms with Gasteiger partial charge in [-0.05, 0) is 13.0 Å². The molecule has 0 bridgehead atoms. The van der Waals surface area contributed by atoms with Crippen LogP contribution in [0.15, 0.2) is 6.07 Å². The molecule has 0 fully saturated rings. The van der Waals surface area contributed by atoms with Gasteiger partial charge in [0.2, 0.25) is 0 Å². The van der Waals surface area contributed by atoms with E-state index >= 15 is 0 Å². The summed E-state index contributed by atoms with van der Waals surface area (Å²) in [6.07, 6.45) is 0. The maximum absolute atomic E-state index is 11.0. The fourth-order valence-electron chi connectivity index (χ4n) is 0.776. The normalized spacial score (nSPS) is 9.08. The van der Waals surface area contributed by atoms with Gasteiger partial charge >= 0.3 is 5.97 Å². The molecule has 1 rings (SSSR count). The third kappa shape index (κ3) is 3.04. The lowest BCUT2D eigenvalue weighted by Crippen LogP contribution is -2.04. The highest BCUT2D eigenvalue weighted by molar-refractivity contribution is 5.87. The van der Waals surface area contributed by atoms with Crippen molar-refractivity contribution in [2.24, 2.45) is 5.73 Å². The highest BCUT2D eigenvalue weighted by Gasteiger charge is 2.09. The number of rotatable bonds is 3. The van der Waals surface area contributed by atoms with Crippen molar-refractivity contribution >= 4 is 18.4 Å². The molecule has 0 amide bonds. The Morgan fingerprint density at radius 1 is 1.77 bits per heavy atom. The monoisotopic (exact) mass is 205 g/mol. The number of aromatic amines is 1. The van der Waals surface area contributed by atoms with Crippen molar-refractivity contribution in [3.05, 3.63) is 17.5 Å². The molecule has 0 aromatic carbocycles. The quantitative estimate of drug-likeness (QED) is 0.703. The van der Waals surface area contributed by atoms with Crippen LogP contribution in [0.1, 0.15) is 23.1 Å². The van der Waals surface area contributed by atoms with Gasteiger partial charge in [-0.3, -0.25) is 5.10 Å². The Hall–Kier alpha value is -1.07. The molecule has 0 aliphatic carbocycles. The maximum Gasteiger partial charge on any atom is 0.358 e. The van der Waals surface area contributed by atoms with E-state index in [0.717, 1.165) is 5.69 Å². The molecule has 1 heterocycles. The zero-order valence-electron chi connectivity index (χ0n) is 7.24. The molecule has 6 heteroatoms. The highest BCUT2D eigenvalue weighted by Crippen LogP contribution is 2.00. The molecule has 0 spiro atoms. The van der Waals surface area contributed by atoms with Crippen molar-refractivity contribution in [3.8, 4) is 0 Å². The minimum Gasteiger partial charge on any atom is -0.461 e. The Labute approximate surface area is 82.1 Å². The molecular formula is C7H12ClN3O2. The molecular weight excluding hydrogens is 194 g/mol. The fourth-order valence-corrected chi connectivity index (χ4v) is 0.776. The van der Waals surface area contributed by atoms with Crippen LogP contribution in [-0.4, -0.2) is 22.8 Å². The summed E-state index contributed by atoms with van der Waals surface area (Å²) in [5.74, 6) is -0.423. The summed E-state index contributed by atoms with van der Waals surface area (Å²) in [5.41, 5.74) is 6.31. The van der Waals surface area contributed by atoms with E-state index < -0.39 is 5.97 Å². The first kappa shape index (κ1) is 11.9. The molecule has 0 saturated carbocycles. The number of ether oxygens (including phenoxy) is 1. The van der Waals surface area contributed by atoms with Gasteiger partial charge in [0.1, 0.15) is 0 Å². The number of nitrogens with two attached hydrogens (primary N) is 1. The number of H-pyrrole nitrogens is 1. The number of carbonyl (C=O) groups excluding carboxylic acids is 1. The van der Waals surface area contributed by atoms with Gasteiger partial charge in [0.25, 0.3) is 0 Å². The van der Waals surface area contributed by atoms with Gasteiger partial charge in [-0.1, -0.05) is 0 Å². The number of nitrogens with one attached hydrogen (secondary N) is 1. The summed E-state index contributed by atoms with van der Waals surface area (Å²) in [4.78, 5) is 11.0. The Bertz CT molecular complexity index is 274. The molecule has 0 aliphatic heterocycles. The number of esters is 1. The number of aromatic nitrogens is 2. The number of halogens is 1. The second kappa shape index (κ2) is 5.55. The fraction of sp³-hybridized carbons (Fsp3) is 0.429. The van der Waals surface area contributed by atoms with Crippen molar-refractivity contribution in [1.82, 2.24) is 10.2 Å². The van der Waals surface area contributed by atoms with E-state index in [9.17, 15) is 4.79 Å². The summed E-state index contributed by atoms with van der Waals surface area (Å²) >= 11 is 0. The van der Waals surface area contributed by atoms with Crippen molar-refractivity contribution in [2.75, 3.05) is 6.61 Å². The average molecular weight is 206 g/mol. The molecule has 1 aromatic rings. The van der Waals surface area contributed by atoms with Gasteiger partial charge in [-0.15, -0.1) is 12.4 Å². The summed E-state index contributed by atoms with van der Waals surface area (Å²) in [6.45, 7) is 2.43. The molecule has 3 N–H and O–H groups in total. The molecule has 0 aliphatic rings. The van der Waals surface area contributed by atoms with E-state index in [2.05, 4.69) is 10.2 Å². The highest BCUT2D eigenvalue weighted by atomic mass is 35.5. The first-order valence-corrected chi connectivity index (χ1v) is 3.69. The van der Waals surface area contributed by atoms with Crippen LogP contribution in [0.3, 0.4) is 0 Å². The van der Waals surface area contributed by atoms with Crippen molar-refractivity contribution in [1.29, 1.82) is 0 Å². The molecule has 0 radical (unpaired) electrons. The zero-order valence-corrected chi connectivity index (χ0v) is 8.06. The van der Waals surface area contributed by atoms with Crippen LogP contribution in [0.4, 0.5) is 0 Å². The van der Waals surface area contributed by atoms with Crippen LogP contribution >= 0.6 is 12.4 Å². The molecule has 74 valence electrons. The first-order valence-electron chi connectivity index (χ1n) is 3.69. The van der Waals surface area contributed by atoms with E-state index in [1.807, 2.05) is 0 Å². The third-order valence-electron chi connectivity index (χ3n) is 1.34. The minimum absolute atomic E-state index is 0. The molecule has 0 unspecified atom stereocenters. The second-order valence-corrected chi connectivity index (χ2v) is 2.20. The molecule has 0 atom stereocenters. The lowest BCUT2D eigenvalue weighted by Gasteiger charge is -1.94. The van der Waals surface area contributed by atoms with Crippen LogP contribution in [0.5, 0.6) is 0 Å². The predicted octanol–water partition coefficient (Wildman–Crippen LogP) is 0.467. The van der Waals surface area contributed by atoms with Crippen molar-refractivity contribution < 1.29 is 9.53 Å². The summed E-state index contributed by atoms with van der Waals surface area (Å²) in [7, 11) is 0. The van der Waals surface area contributed by atoms with E-state index in [1.54, 1.807) is 13.0 Å². The minimum atomic E-state index is -0.423. The maximum atomic E-state index is 11.0. The van der Waals surface area contributed by atoms with Gasteiger partial charge in [-0.2, -0.15) is 5.10 Å². The van der Waals surface area contributed by atoms with E-state index in [-0.39, 0.29) is 18.1 Å². The largest absolute Gasteiger partial charge is 0.461 e. The second-order valence-electron chi connectivity index (χ2n) is 2.20. The summed E-state index contributed by atoms with van der Waals surface area (Å²) < 4.78 is 4.72. The van der Waals surface area contributed by atoms with Crippen LogP contribution in [0, 0.1) is 0 Å². The number of nitrogens with zero attached hydrogens (tertiary/aromatic N) is 1. The first-order chi connectivity index (χ1) is 5.77. The van der Waals surface area contributed by atoms with Crippen LogP contribution < -0.4 is 5.73 Å². The molecule has 5 nitrogen and oxygen atoms in total. The number of hydrogen-bond donors (Lipinski definition) is 2. The summed E-state index contributed by atoms with van der Waals surface area (Å²) in [5, 5.41) is 6.34. The van der Waals surface area contributed by atoms with E-state index in [0.29, 0.717) is 13.2 Å². The number of hydrogen-bond acceptors (Lipinski definition) is 4. The Kier molecular flexibility index (Phi) is 5.10. The zero-order chi connectivity index (χ0) is 8.97. The molecule has 0 saturated heterocycles. The lowest BCUT2D eigenvalue weighted by atomic mass is 10.3. The average Bonchev–Trinajstić information content (AvgIpc) is 2.52. The van der Waals surface area contributed by atoms with Crippen LogP contribution in [0.25, 0.3) is 0 Å². The van der Waals surface area contributed by atoms with Gasteiger partial charge in [0.15, 0.2) is 5.69 Å². The van der Waals surface area contributed by atoms with Crippen LogP contribution in [-0.2, 0) is 11.3 Å². The van der Waals surface area contributed by atoms with Crippen LogP contribution in [0.2, 0.25) is 0 Å². The molecule has 13 heavy (non-hydrogen) atoms. The number of carbonyl (C=O) groups is 1. The van der Waals surface area contributed by atoms with Gasteiger partial charge in [0.05, 0.1) is 6.61 Å². The Balaban J connectivity index is 0.00000144. The SMILES string of the molecule is CCOC(=O)c1cc(CN)[nH]n1.Cl. The smallest absolute Gasteiger partial charge is 0.358 e. The van der Waals surface area contributed by atoms with Gasteiger partial charge < -0.3 is 10.5 Å². The van der Waals surface area contributed by atoms with E-state index in [1.165, 1.54) is 0 Å². The predicted molar refractivity (Wildman–Crippen MR) is 49.7 cm³/mol. The lowest BCUT2D eigenvalue weighted by molar-refractivity contribution is 0.0519. The summed E-state index contributed by atoms with van der Waals surface area (Å²) in [6, 6.07) is 1.58. The van der Waals surface area contributed by atoms with Crippen molar-refractivity contribution in [3.63, 3.8) is 0 Å². The topological polar surface area (TPSA) is 81.0 Å². The standard InChI is InChI=1S/C7H11N3O2.ClH/c1-2-12-7(11)6-3-5(4-8)9-10-6;/h3H,2,4,8H2,1H3,(H,9,10);1H. The Morgan fingerprint density at radius 2 is 2.46 bits per heavy atom. The van der Waals surface area contributed by atoms with Gasteiger partial charge in [-0.25, -0.2) is 4.79 Å². The van der Waals surface area contributed by atoms with E-state index in [4.69, 9.17) is 10.5 Å². The van der Waals surface area contributed by atoms with Gasteiger partial charge in [0, 0.05) is 12.2 Å². The van der Waals surface area contributed by atoms with Crippen molar-refractivity contribution in [2.45, 2.75) is 13.5 Å². The molecule has 1 aromatic heterocycles. The third-order valence-corrected chi connectivity index (χ3v) is 1.34.